The van der Waals surface area contributed by atoms with Crippen LogP contribution < -0.4 is 11.0 Å². The van der Waals surface area contributed by atoms with Gasteiger partial charge in [0.05, 0.1) is 11.0 Å². The summed E-state index contributed by atoms with van der Waals surface area (Å²) in [4.78, 5) is 36.9. The van der Waals surface area contributed by atoms with Gasteiger partial charge in [-0.2, -0.15) is 0 Å². The van der Waals surface area contributed by atoms with E-state index < -0.39 is 20.3 Å². The highest BCUT2D eigenvalue weighted by molar-refractivity contribution is 6.74. The summed E-state index contributed by atoms with van der Waals surface area (Å²) in [6, 6.07) is 5.17. The summed E-state index contributed by atoms with van der Waals surface area (Å²) in [5.74, 6) is -0.694. The number of amides is 2. The molecule has 1 aromatic carbocycles. The number of hydrogen-bond acceptors (Lipinski definition) is 4. The van der Waals surface area contributed by atoms with Crippen LogP contribution in [-0.4, -0.2) is 35.9 Å². The Morgan fingerprint density at radius 2 is 1.90 bits per heavy atom. The maximum Gasteiger partial charge on any atom is 0.329 e. The Bertz CT molecular complexity index is 1030. The molecule has 0 aliphatic carbocycles. The van der Waals surface area contributed by atoms with Crippen LogP contribution >= 0.6 is 0 Å². The number of benzene rings is 1. The van der Waals surface area contributed by atoms with E-state index in [-0.39, 0.29) is 23.1 Å². The number of carbonyl (C=O) groups excluding carboxylic acids is 2. The maximum atomic E-state index is 13.0. The predicted molar refractivity (Wildman–Crippen MR) is 120 cm³/mol. The first-order valence-electron chi connectivity index (χ1n) is 10.6. The van der Waals surface area contributed by atoms with Crippen LogP contribution in [0.3, 0.4) is 0 Å². The van der Waals surface area contributed by atoms with Crippen molar-refractivity contribution in [2.24, 2.45) is 7.05 Å². The SMILES string of the molecule is Cn1c(=O)n(C2CCC(=O)NC2=O)c2cccc(CCCO[Si](C)(C)C(C)(C)C)c21. The van der Waals surface area contributed by atoms with Crippen molar-refractivity contribution in [1.82, 2.24) is 14.5 Å². The number of imidazole rings is 1. The summed E-state index contributed by atoms with van der Waals surface area (Å²) in [6.07, 6.45) is 2.24. The van der Waals surface area contributed by atoms with E-state index in [1.165, 1.54) is 4.57 Å². The number of hydrogen-bond donors (Lipinski definition) is 1. The smallest absolute Gasteiger partial charge is 0.329 e. The third kappa shape index (κ3) is 4.16. The summed E-state index contributed by atoms with van der Waals surface area (Å²) < 4.78 is 9.44. The second-order valence-corrected chi connectivity index (χ2v) is 14.5. The predicted octanol–water partition coefficient (Wildman–Crippen LogP) is 3.27. The molecule has 2 amide bonds. The topological polar surface area (TPSA) is 82.3 Å². The first kappa shape index (κ1) is 22.5. The first-order valence-corrected chi connectivity index (χ1v) is 13.5. The van der Waals surface area contributed by atoms with Gasteiger partial charge in [0.2, 0.25) is 11.8 Å². The van der Waals surface area contributed by atoms with Crippen molar-refractivity contribution in [2.75, 3.05) is 6.61 Å². The average Bonchev–Trinajstić information content (AvgIpc) is 2.90. The molecule has 30 heavy (non-hydrogen) atoms. The van der Waals surface area contributed by atoms with Gasteiger partial charge in [-0.1, -0.05) is 32.9 Å². The third-order valence-corrected chi connectivity index (χ3v) is 11.1. The van der Waals surface area contributed by atoms with Gasteiger partial charge in [-0.3, -0.25) is 24.0 Å². The molecule has 8 heteroatoms. The first-order chi connectivity index (χ1) is 13.9. The number of nitrogens with one attached hydrogen (secondary N) is 1. The van der Waals surface area contributed by atoms with Gasteiger partial charge < -0.3 is 4.43 Å². The molecule has 1 unspecified atom stereocenters. The molecule has 1 aromatic heterocycles. The van der Waals surface area contributed by atoms with Gasteiger partial charge in [-0.05, 0) is 49.0 Å². The normalized spacial score (nSPS) is 18.1. The maximum absolute atomic E-state index is 13.0. The Morgan fingerprint density at radius 1 is 1.20 bits per heavy atom. The van der Waals surface area contributed by atoms with Gasteiger partial charge >= 0.3 is 5.69 Å². The van der Waals surface area contributed by atoms with Crippen molar-refractivity contribution in [2.45, 2.75) is 70.6 Å². The van der Waals surface area contributed by atoms with Crippen molar-refractivity contribution >= 4 is 31.2 Å². The minimum atomic E-state index is -1.78. The molecule has 0 radical (unpaired) electrons. The largest absolute Gasteiger partial charge is 0.417 e. The molecule has 1 N–H and O–H groups in total. The molecule has 0 bridgehead atoms. The van der Waals surface area contributed by atoms with Gasteiger partial charge in [0, 0.05) is 20.1 Å². The molecule has 7 nitrogen and oxygen atoms in total. The number of aromatic nitrogens is 2. The van der Waals surface area contributed by atoms with Gasteiger partial charge in [0.25, 0.3) is 0 Å². The van der Waals surface area contributed by atoms with Gasteiger partial charge in [-0.25, -0.2) is 4.79 Å². The lowest BCUT2D eigenvalue weighted by Gasteiger charge is -2.36. The van der Waals surface area contributed by atoms with Crippen molar-refractivity contribution in [1.29, 1.82) is 0 Å². The zero-order valence-corrected chi connectivity index (χ0v) is 19.9. The Balaban J connectivity index is 1.84. The molecule has 2 aromatic rings. The highest BCUT2D eigenvalue weighted by Gasteiger charge is 2.37. The second kappa shape index (κ2) is 8.15. The standard InChI is InChI=1S/C22H33N3O4Si/c1-22(2,3)30(5,6)29-14-8-10-15-9-7-11-16-19(15)24(4)21(28)25(16)17-12-13-18(26)23-20(17)27/h7,9,11,17H,8,10,12-14H2,1-6H3,(H,23,26,27). The monoisotopic (exact) mass is 431 g/mol. The molecule has 1 aliphatic heterocycles. The van der Waals surface area contributed by atoms with Crippen molar-refractivity contribution < 1.29 is 14.0 Å². The minimum Gasteiger partial charge on any atom is -0.417 e. The molecular formula is C22H33N3O4Si. The van der Waals surface area contributed by atoms with Crippen LogP contribution in [0.4, 0.5) is 0 Å². The zero-order chi connectivity index (χ0) is 22.3. The third-order valence-electron chi connectivity index (χ3n) is 6.57. The number of piperidine rings is 1. The fourth-order valence-corrected chi connectivity index (χ4v) is 4.85. The van der Waals surface area contributed by atoms with Gasteiger partial charge in [0.1, 0.15) is 6.04 Å². The van der Waals surface area contributed by atoms with Crippen molar-refractivity contribution in [3.05, 3.63) is 34.2 Å². The number of imide groups is 1. The summed E-state index contributed by atoms with van der Waals surface area (Å²) in [6.45, 7) is 11.9. The lowest BCUT2D eigenvalue weighted by Crippen LogP contribution is -2.44. The van der Waals surface area contributed by atoms with E-state index in [4.69, 9.17) is 4.43 Å². The highest BCUT2D eigenvalue weighted by atomic mass is 28.4. The molecule has 1 aliphatic rings. The van der Waals surface area contributed by atoms with E-state index in [2.05, 4.69) is 39.2 Å². The average molecular weight is 432 g/mol. The van der Waals surface area contributed by atoms with Crippen LogP contribution in [0.15, 0.2) is 23.0 Å². The Hall–Kier alpha value is -2.19. The fraction of sp³-hybridized carbons (Fsp3) is 0.591. The molecule has 1 atom stereocenters. The van der Waals surface area contributed by atoms with Crippen LogP contribution in [0, 0.1) is 0 Å². The molecular weight excluding hydrogens is 398 g/mol. The molecule has 1 saturated heterocycles. The van der Waals surface area contributed by atoms with Gasteiger partial charge in [-0.15, -0.1) is 0 Å². The lowest BCUT2D eigenvalue weighted by atomic mass is 10.0. The molecule has 1 fully saturated rings. The van der Waals surface area contributed by atoms with E-state index in [1.54, 1.807) is 11.6 Å². The van der Waals surface area contributed by atoms with Crippen molar-refractivity contribution in [3.8, 4) is 0 Å². The van der Waals surface area contributed by atoms with Crippen LogP contribution in [0.1, 0.15) is 51.6 Å². The number of nitrogens with zero attached hydrogens (tertiary/aromatic N) is 2. The van der Waals surface area contributed by atoms with Crippen molar-refractivity contribution in [3.63, 3.8) is 0 Å². The van der Waals surface area contributed by atoms with Crippen LogP contribution in [0.5, 0.6) is 0 Å². The summed E-state index contributed by atoms with van der Waals surface area (Å²) in [5.41, 5.74) is 2.42. The van der Waals surface area contributed by atoms with E-state index in [9.17, 15) is 14.4 Å². The van der Waals surface area contributed by atoms with E-state index in [0.717, 1.165) is 29.4 Å². The molecule has 3 rings (SSSR count). The summed E-state index contributed by atoms with van der Waals surface area (Å²) >= 11 is 0. The number of rotatable bonds is 6. The quantitative estimate of drug-likeness (QED) is 0.432. The number of carbonyl (C=O) groups is 2. The summed E-state index contributed by atoms with van der Waals surface area (Å²) in [5, 5.41) is 2.53. The number of para-hydroxylation sites is 1. The van der Waals surface area contributed by atoms with Crippen LogP contribution in [0.2, 0.25) is 18.1 Å². The molecule has 0 spiro atoms. The Kier molecular flexibility index (Phi) is 6.11. The lowest BCUT2D eigenvalue weighted by molar-refractivity contribution is -0.135. The fourth-order valence-electron chi connectivity index (χ4n) is 3.76. The molecule has 2 heterocycles. The second-order valence-electron chi connectivity index (χ2n) is 9.68. The minimum absolute atomic E-state index is 0.177. The molecule has 0 saturated carbocycles. The Labute approximate surface area is 178 Å². The van der Waals surface area contributed by atoms with E-state index in [1.807, 2.05) is 18.2 Å². The number of fused-ring (bicyclic) bond motifs is 1. The van der Waals surface area contributed by atoms with E-state index >= 15 is 0 Å². The Morgan fingerprint density at radius 3 is 2.53 bits per heavy atom. The summed E-state index contributed by atoms with van der Waals surface area (Å²) in [7, 11) is -0.0409. The number of aryl methyl sites for hydroxylation is 2. The van der Waals surface area contributed by atoms with Crippen LogP contribution in [-0.2, 0) is 27.5 Å². The highest BCUT2D eigenvalue weighted by Crippen LogP contribution is 2.36. The molecule has 164 valence electrons. The van der Waals surface area contributed by atoms with E-state index in [0.29, 0.717) is 13.0 Å². The van der Waals surface area contributed by atoms with Gasteiger partial charge in [0.15, 0.2) is 8.32 Å². The zero-order valence-electron chi connectivity index (χ0n) is 18.9. The van der Waals surface area contributed by atoms with Crippen LogP contribution in [0.25, 0.3) is 11.0 Å².